The van der Waals surface area contributed by atoms with Crippen molar-refractivity contribution in [2.24, 2.45) is 0 Å². The van der Waals surface area contributed by atoms with Crippen molar-refractivity contribution in [1.29, 1.82) is 0 Å². The third-order valence-corrected chi connectivity index (χ3v) is 4.60. The summed E-state index contributed by atoms with van der Waals surface area (Å²) in [6.07, 6.45) is 7.36. The van der Waals surface area contributed by atoms with E-state index in [2.05, 4.69) is 49.2 Å². The van der Waals surface area contributed by atoms with E-state index in [-0.39, 0.29) is 6.10 Å². The summed E-state index contributed by atoms with van der Waals surface area (Å²) in [6.45, 7) is 2.13. The average molecular weight is 340 g/mol. The average Bonchev–Trinajstić information content (AvgIpc) is 2.73. The molecule has 26 heavy (non-hydrogen) atoms. The predicted octanol–water partition coefficient (Wildman–Crippen LogP) is 5.80. The van der Waals surface area contributed by atoms with Gasteiger partial charge in [0.25, 0.3) is 0 Å². The molecule has 0 aliphatic carbocycles. The van der Waals surface area contributed by atoms with Gasteiger partial charge in [0.2, 0.25) is 0 Å². The molecule has 1 unspecified atom stereocenters. The molecule has 0 aliphatic rings. The number of hydrogen-bond donors (Lipinski definition) is 0. The van der Waals surface area contributed by atoms with Crippen LogP contribution in [0.5, 0.6) is 0 Å². The zero-order chi connectivity index (χ0) is 18.2. The van der Waals surface area contributed by atoms with E-state index >= 15 is 0 Å². The summed E-state index contributed by atoms with van der Waals surface area (Å²) in [5.74, 6) is 2.85. The monoisotopic (exact) mass is 340 g/mol. The highest BCUT2D eigenvalue weighted by Gasteiger charge is 2.39. The van der Waals surface area contributed by atoms with Crippen LogP contribution >= 0.6 is 0 Å². The first-order chi connectivity index (χ1) is 12.8. The maximum Gasteiger partial charge on any atom is 0.145 e. The van der Waals surface area contributed by atoms with Crippen molar-refractivity contribution in [3.8, 4) is 12.3 Å². The third kappa shape index (κ3) is 3.57. The van der Waals surface area contributed by atoms with Crippen LogP contribution in [-0.2, 0) is 10.3 Å². The summed E-state index contributed by atoms with van der Waals surface area (Å²) in [6, 6.07) is 31.0. The SMILES string of the molecule is C#CC(CCC)OC(c1ccccc1)(c1ccccc1)c1ccccc1. The Labute approximate surface area is 156 Å². The van der Waals surface area contributed by atoms with Crippen LogP contribution in [0.2, 0.25) is 0 Å². The molecule has 0 aliphatic heterocycles. The topological polar surface area (TPSA) is 9.23 Å². The lowest BCUT2D eigenvalue weighted by molar-refractivity contribution is -0.0233. The lowest BCUT2D eigenvalue weighted by Crippen LogP contribution is -2.36. The van der Waals surface area contributed by atoms with Gasteiger partial charge in [-0.25, -0.2) is 0 Å². The van der Waals surface area contributed by atoms with Gasteiger partial charge >= 0.3 is 0 Å². The Morgan fingerprint density at radius 3 is 1.46 bits per heavy atom. The van der Waals surface area contributed by atoms with Gasteiger partial charge < -0.3 is 4.74 Å². The van der Waals surface area contributed by atoms with Crippen molar-refractivity contribution in [3.63, 3.8) is 0 Å². The van der Waals surface area contributed by atoms with Gasteiger partial charge in [0.05, 0.1) is 0 Å². The largest absolute Gasteiger partial charge is 0.345 e. The van der Waals surface area contributed by atoms with Gasteiger partial charge in [-0.3, -0.25) is 0 Å². The normalized spacial score (nSPS) is 12.3. The summed E-state index contributed by atoms with van der Waals surface area (Å²) >= 11 is 0. The van der Waals surface area contributed by atoms with Crippen LogP contribution in [0.15, 0.2) is 91.0 Å². The van der Waals surface area contributed by atoms with Crippen molar-refractivity contribution in [2.45, 2.75) is 31.5 Å². The standard InChI is InChI=1S/C25H24O/c1-3-14-24(4-2)26-25(21-15-8-5-9-16-21,22-17-10-6-11-18-22)23-19-12-7-13-20-23/h2,5-13,15-20,24H,3,14H2,1H3. The number of ether oxygens (including phenoxy) is 1. The summed E-state index contributed by atoms with van der Waals surface area (Å²) in [7, 11) is 0. The fraction of sp³-hybridized carbons (Fsp3) is 0.200. The highest BCUT2D eigenvalue weighted by atomic mass is 16.5. The van der Waals surface area contributed by atoms with E-state index in [4.69, 9.17) is 11.2 Å². The first-order valence-corrected chi connectivity index (χ1v) is 9.11. The summed E-state index contributed by atoms with van der Waals surface area (Å²) in [4.78, 5) is 0. The number of benzene rings is 3. The van der Waals surface area contributed by atoms with Gasteiger partial charge in [-0.2, -0.15) is 0 Å². The van der Waals surface area contributed by atoms with Crippen molar-refractivity contribution >= 4 is 0 Å². The van der Waals surface area contributed by atoms with E-state index < -0.39 is 5.60 Å². The Morgan fingerprint density at radius 2 is 1.15 bits per heavy atom. The molecular formula is C25H24O. The van der Waals surface area contributed by atoms with E-state index in [1.165, 1.54) is 0 Å². The van der Waals surface area contributed by atoms with Gasteiger partial charge in [0, 0.05) is 0 Å². The fourth-order valence-electron chi connectivity index (χ4n) is 3.37. The number of hydrogen-bond acceptors (Lipinski definition) is 1. The number of terminal acetylenes is 1. The van der Waals surface area contributed by atoms with Crippen molar-refractivity contribution in [2.75, 3.05) is 0 Å². The second-order valence-corrected chi connectivity index (χ2v) is 6.34. The van der Waals surface area contributed by atoms with Gasteiger partial charge in [0.15, 0.2) is 0 Å². The van der Waals surface area contributed by atoms with Crippen molar-refractivity contribution in [3.05, 3.63) is 108 Å². The molecule has 0 saturated heterocycles. The van der Waals surface area contributed by atoms with E-state index in [9.17, 15) is 0 Å². The summed E-state index contributed by atoms with van der Waals surface area (Å²) < 4.78 is 6.75. The molecule has 1 atom stereocenters. The van der Waals surface area contributed by atoms with Gasteiger partial charge in [-0.1, -0.05) is 110 Å². The first kappa shape index (κ1) is 18.0. The van der Waals surface area contributed by atoms with Gasteiger partial charge in [-0.15, -0.1) is 6.42 Å². The van der Waals surface area contributed by atoms with Crippen LogP contribution in [0, 0.1) is 12.3 Å². The maximum absolute atomic E-state index is 6.75. The van der Waals surface area contributed by atoms with Crippen molar-refractivity contribution < 1.29 is 4.74 Å². The van der Waals surface area contributed by atoms with Crippen LogP contribution < -0.4 is 0 Å². The van der Waals surface area contributed by atoms with E-state index in [0.717, 1.165) is 29.5 Å². The zero-order valence-corrected chi connectivity index (χ0v) is 15.1. The molecule has 0 amide bonds. The molecule has 0 heterocycles. The van der Waals surface area contributed by atoms with Gasteiger partial charge in [0.1, 0.15) is 11.7 Å². The lowest BCUT2D eigenvalue weighted by Gasteiger charge is -2.37. The van der Waals surface area contributed by atoms with Crippen LogP contribution in [0.3, 0.4) is 0 Å². The van der Waals surface area contributed by atoms with Gasteiger partial charge in [-0.05, 0) is 23.1 Å². The minimum absolute atomic E-state index is 0.263. The molecular weight excluding hydrogens is 316 g/mol. The Hall–Kier alpha value is -2.82. The molecule has 1 nitrogen and oxygen atoms in total. The molecule has 0 N–H and O–H groups in total. The lowest BCUT2D eigenvalue weighted by atomic mass is 9.80. The molecule has 3 aromatic carbocycles. The van der Waals surface area contributed by atoms with E-state index in [1.807, 2.05) is 54.6 Å². The molecule has 130 valence electrons. The van der Waals surface area contributed by atoms with Crippen LogP contribution in [0.4, 0.5) is 0 Å². The van der Waals surface area contributed by atoms with Crippen LogP contribution in [0.25, 0.3) is 0 Å². The minimum Gasteiger partial charge on any atom is -0.345 e. The second kappa shape index (κ2) is 8.52. The second-order valence-electron chi connectivity index (χ2n) is 6.34. The predicted molar refractivity (Wildman–Crippen MR) is 108 cm³/mol. The quantitative estimate of drug-likeness (QED) is 0.390. The summed E-state index contributed by atoms with van der Waals surface area (Å²) in [5.41, 5.74) is 2.49. The van der Waals surface area contributed by atoms with Crippen molar-refractivity contribution in [1.82, 2.24) is 0 Å². The zero-order valence-electron chi connectivity index (χ0n) is 15.1. The third-order valence-electron chi connectivity index (χ3n) is 4.60. The molecule has 0 bridgehead atoms. The Balaban J connectivity index is 2.26. The van der Waals surface area contributed by atoms with E-state index in [0.29, 0.717) is 0 Å². The molecule has 0 spiro atoms. The Kier molecular flexibility index (Phi) is 5.89. The summed E-state index contributed by atoms with van der Waals surface area (Å²) in [5, 5.41) is 0. The molecule has 0 fully saturated rings. The van der Waals surface area contributed by atoms with Crippen LogP contribution in [0.1, 0.15) is 36.5 Å². The minimum atomic E-state index is -0.740. The highest BCUT2D eigenvalue weighted by Crippen LogP contribution is 2.41. The fourth-order valence-corrected chi connectivity index (χ4v) is 3.37. The molecule has 0 aromatic heterocycles. The van der Waals surface area contributed by atoms with Crippen LogP contribution in [-0.4, -0.2) is 6.10 Å². The molecule has 0 radical (unpaired) electrons. The molecule has 0 saturated carbocycles. The maximum atomic E-state index is 6.75. The first-order valence-electron chi connectivity index (χ1n) is 9.11. The highest BCUT2D eigenvalue weighted by molar-refractivity contribution is 5.47. The number of rotatable bonds is 7. The Bertz CT molecular complexity index is 735. The smallest absolute Gasteiger partial charge is 0.145 e. The molecule has 1 heteroatoms. The molecule has 3 aromatic rings. The molecule has 3 rings (SSSR count). The van der Waals surface area contributed by atoms with E-state index in [1.54, 1.807) is 0 Å². The Morgan fingerprint density at radius 1 is 0.769 bits per heavy atom.